The van der Waals surface area contributed by atoms with Crippen LogP contribution in [0.15, 0.2) is 0 Å². The van der Waals surface area contributed by atoms with Crippen LogP contribution in [0.3, 0.4) is 0 Å². The first-order chi connectivity index (χ1) is 12.9. The Labute approximate surface area is 157 Å². The lowest BCUT2D eigenvalue weighted by Crippen LogP contribution is -2.44. The number of fused-ring (bicyclic) bond motifs is 2. The highest BCUT2D eigenvalue weighted by molar-refractivity contribution is 7.89. The van der Waals surface area contributed by atoms with Crippen LogP contribution in [0.5, 0.6) is 0 Å². The molecule has 2 fully saturated rings. The number of aliphatic hydroxyl groups is 1. The van der Waals surface area contributed by atoms with E-state index in [9.17, 15) is 18.3 Å². The van der Waals surface area contributed by atoms with Crippen LogP contribution in [0.25, 0.3) is 0 Å². The van der Waals surface area contributed by atoms with Gasteiger partial charge in [0.25, 0.3) is 5.91 Å². The first kappa shape index (κ1) is 18.8. The minimum atomic E-state index is -3.29. The molecule has 11 heteroatoms. The second-order valence-corrected chi connectivity index (χ2v) is 9.26. The Balaban J connectivity index is 1.45. The Hall–Kier alpha value is -1.53. The standard InChI is InChI=1S/C16H24N4O6S/c1-2-5-27(23,24)20-4-3-9-10(6-20)18-19-13(9)16(22)17-11-7-25-15-12(21)8-26-14(11)15/h11-12,14-15,21H,2-8H2,1H3,(H,17,22)(H,18,19)/t11-,12-,14-,15-/m1/s1. The predicted molar refractivity (Wildman–Crippen MR) is 93.5 cm³/mol. The maximum atomic E-state index is 12.7. The molecule has 2 saturated heterocycles. The molecule has 0 saturated carbocycles. The van der Waals surface area contributed by atoms with Crippen molar-refractivity contribution in [1.82, 2.24) is 19.8 Å². The van der Waals surface area contributed by atoms with Crippen LogP contribution in [-0.2, 0) is 32.5 Å². The molecule has 0 bridgehead atoms. The lowest BCUT2D eigenvalue weighted by Gasteiger charge is -2.26. The topological polar surface area (TPSA) is 134 Å². The summed E-state index contributed by atoms with van der Waals surface area (Å²) in [4.78, 5) is 12.7. The number of aromatic nitrogens is 2. The van der Waals surface area contributed by atoms with Crippen molar-refractivity contribution in [3.05, 3.63) is 17.0 Å². The first-order valence-corrected chi connectivity index (χ1v) is 10.8. The number of aliphatic hydroxyl groups excluding tert-OH is 1. The molecule has 4 rings (SSSR count). The predicted octanol–water partition coefficient (Wildman–Crippen LogP) is -1.24. The molecule has 150 valence electrons. The smallest absolute Gasteiger partial charge is 0.272 e. The maximum absolute atomic E-state index is 12.7. The third-order valence-corrected chi connectivity index (χ3v) is 7.34. The minimum Gasteiger partial charge on any atom is -0.388 e. The van der Waals surface area contributed by atoms with E-state index in [1.165, 1.54) is 4.31 Å². The molecule has 0 aromatic carbocycles. The second kappa shape index (κ2) is 7.13. The molecular formula is C16H24N4O6S. The summed E-state index contributed by atoms with van der Waals surface area (Å²) in [6, 6.07) is -0.350. The summed E-state index contributed by atoms with van der Waals surface area (Å²) in [5.41, 5.74) is 1.68. The van der Waals surface area contributed by atoms with Crippen LogP contribution in [0.4, 0.5) is 0 Å². The molecule has 0 unspecified atom stereocenters. The van der Waals surface area contributed by atoms with E-state index in [0.29, 0.717) is 25.1 Å². The van der Waals surface area contributed by atoms with Gasteiger partial charge in [-0.05, 0) is 12.8 Å². The number of sulfonamides is 1. The number of nitrogens with one attached hydrogen (secondary N) is 2. The number of amides is 1. The summed E-state index contributed by atoms with van der Waals surface area (Å²) in [6.45, 7) is 2.83. The average molecular weight is 400 g/mol. The van der Waals surface area contributed by atoms with Gasteiger partial charge in [-0.1, -0.05) is 6.92 Å². The van der Waals surface area contributed by atoms with Gasteiger partial charge in [0.05, 0.1) is 37.2 Å². The fourth-order valence-corrected chi connectivity index (χ4v) is 5.41. The first-order valence-electron chi connectivity index (χ1n) is 9.16. The SMILES string of the molecule is CCCS(=O)(=O)N1CCc2c(C(=O)N[C@@H]3CO[C@H]4[C@@H]3OC[C@H]4O)n[nH]c2C1. The van der Waals surface area contributed by atoms with Crippen molar-refractivity contribution in [3.63, 3.8) is 0 Å². The average Bonchev–Trinajstić information content (AvgIpc) is 3.31. The van der Waals surface area contributed by atoms with E-state index in [-0.39, 0.29) is 49.3 Å². The highest BCUT2D eigenvalue weighted by Crippen LogP contribution is 2.28. The molecule has 0 aliphatic carbocycles. The lowest BCUT2D eigenvalue weighted by molar-refractivity contribution is 0.0178. The number of nitrogens with zero attached hydrogens (tertiary/aromatic N) is 2. The maximum Gasteiger partial charge on any atom is 0.272 e. The molecule has 1 aromatic heterocycles. The zero-order valence-electron chi connectivity index (χ0n) is 15.1. The zero-order valence-corrected chi connectivity index (χ0v) is 15.9. The number of hydrogen-bond donors (Lipinski definition) is 3. The largest absolute Gasteiger partial charge is 0.388 e. The highest BCUT2D eigenvalue weighted by Gasteiger charge is 2.48. The summed E-state index contributed by atoms with van der Waals surface area (Å²) in [7, 11) is -3.29. The van der Waals surface area contributed by atoms with E-state index in [2.05, 4.69) is 15.5 Å². The molecule has 4 atom stereocenters. The molecular weight excluding hydrogens is 376 g/mol. The number of carbonyl (C=O) groups excluding carboxylic acids is 1. The molecule has 3 N–H and O–H groups in total. The van der Waals surface area contributed by atoms with Crippen LogP contribution in [0, 0.1) is 0 Å². The van der Waals surface area contributed by atoms with E-state index in [4.69, 9.17) is 9.47 Å². The summed E-state index contributed by atoms with van der Waals surface area (Å²) in [5, 5.41) is 19.6. The van der Waals surface area contributed by atoms with Crippen LogP contribution in [0.1, 0.15) is 35.1 Å². The number of H-pyrrole nitrogens is 1. The van der Waals surface area contributed by atoms with Gasteiger partial charge in [-0.25, -0.2) is 8.42 Å². The van der Waals surface area contributed by atoms with Gasteiger partial charge >= 0.3 is 0 Å². The summed E-state index contributed by atoms with van der Waals surface area (Å²) in [5.74, 6) is -0.239. The zero-order chi connectivity index (χ0) is 19.2. The number of hydrogen-bond acceptors (Lipinski definition) is 7. The summed E-state index contributed by atoms with van der Waals surface area (Å²) < 4.78 is 37.0. The van der Waals surface area contributed by atoms with E-state index in [0.717, 1.165) is 5.56 Å². The third kappa shape index (κ3) is 3.38. The monoisotopic (exact) mass is 400 g/mol. The van der Waals surface area contributed by atoms with Crippen molar-refractivity contribution in [3.8, 4) is 0 Å². The van der Waals surface area contributed by atoms with Gasteiger partial charge in [0, 0.05) is 12.1 Å². The van der Waals surface area contributed by atoms with Gasteiger partial charge in [-0.2, -0.15) is 9.40 Å². The Morgan fingerprint density at radius 2 is 2.15 bits per heavy atom. The Kier molecular flexibility index (Phi) is 4.97. The van der Waals surface area contributed by atoms with Crippen molar-refractivity contribution >= 4 is 15.9 Å². The molecule has 1 aromatic rings. The van der Waals surface area contributed by atoms with E-state index >= 15 is 0 Å². The minimum absolute atomic E-state index is 0.111. The second-order valence-electron chi connectivity index (χ2n) is 7.17. The molecule has 10 nitrogen and oxygen atoms in total. The Morgan fingerprint density at radius 3 is 2.93 bits per heavy atom. The van der Waals surface area contributed by atoms with Gasteiger partial charge in [-0.3, -0.25) is 9.89 Å². The Bertz CT molecular complexity index is 825. The quantitative estimate of drug-likeness (QED) is 0.563. The van der Waals surface area contributed by atoms with Crippen molar-refractivity contribution in [2.75, 3.05) is 25.5 Å². The normalized spacial score (nSPS) is 30.9. The van der Waals surface area contributed by atoms with Gasteiger partial charge < -0.3 is 19.9 Å². The van der Waals surface area contributed by atoms with Gasteiger partial charge in [0.1, 0.15) is 18.3 Å². The number of rotatable bonds is 5. The molecule has 0 spiro atoms. The van der Waals surface area contributed by atoms with Crippen LogP contribution in [0.2, 0.25) is 0 Å². The highest BCUT2D eigenvalue weighted by atomic mass is 32.2. The molecule has 3 aliphatic rings. The van der Waals surface area contributed by atoms with Gasteiger partial charge in [-0.15, -0.1) is 0 Å². The van der Waals surface area contributed by atoms with E-state index < -0.39 is 22.2 Å². The van der Waals surface area contributed by atoms with Crippen LogP contribution in [-0.4, -0.2) is 83.8 Å². The number of aromatic amines is 1. The number of ether oxygens (including phenoxy) is 2. The molecule has 3 aliphatic heterocycles. The van der Waals surface area contributed by atoms with Crippen molar-refractivity contribution < 1.29 is 27.8 Å². The van der Waals surface area contributed by atoms with E-state index in [1.54, 1.807) is 0 Å². The van der Waals surface area contributed by atoms with E-state index in [1.807, 2.05) is 6.92 Å². The Morgan fingerprint density at radius 1 is 1.37 bits per heavy atom. The summed E-state index contributed by atoms with van der Waals surface area (Å²) >= 11 is 0. The third-order valence-electron chi connectivity index (χ3n) is 5.31. The van der Waals surface area contributed by atoms with Gasteiger partial charge in [0.2, 0.25) is 10.0 Å². The fourth-order valence-electron chi connectivity index (χ4n) is 3.95. The molecule has 0 radical (unpaired) electrons. The van der Waals surface area contributed by atoms with Crippen molar-refractivity contribution in [1.29, 1.82) is 0 Å². The lowest BCUT2D eigenvalue weighted by atomic mass is 10.0. The molecule has 1 amide bonds. The molecule has 4 heterocycles. The molecule has 27 heavy (non-hydrogen) atoms. The van der Waals surface area contributed by atoms with Gasteiger partial charge in [0.15, 0.2) is 5.69 Å². The van der Waals surface area contributed by atoms with Crippen LogP contribution >= 0.6 is 0 Å². The fraction of sp³-hybridized carbons (Fsp3) is 0.750. The summed E-state index contributed by atoms with van der Waals surface area (Å²) in [6.07, 6.45) is -0.467. The number of carbonyl (C=O) groups is 1. The van der Waals surface area contributed by atoms with Crippen molar-refractivity contribution in [2.45, 2.75) is 50.7 Å². The van der Waals surface area contributed by atoms with Crippen LogP contribution < -0.4 is 5.32 Å². The van der Waals surface area contributed by atoms with Crippen molar-refractivity contribution in [2.24, 2.45) is 0 Å².